The molecule has 0 amide bonds. The summed E-state index contributed by atoms with van der Waals surface area (Å²) in [5.41, 5.74) is 2.40. The summed E-state index contributed by atoms with van der Waals surface area (Å²) in [6.07, 6.45) is 5.81. The Bertz CT molecular complexity index is 419. The van der Waals surface area contributed by atoms with Crippen molar-refractivity contribution in [2.24, 2.45) is 0 Å². The molecule has 112 valence electrons. The Morgan fingerprint density at radius 3 is 2.95 bits per heavy atom. The molecule has 1 heterocycles. The van der Waals surface area contributed by atoms with Crippen molar-refractivity contribution in [3.63, 3.8) is 0 Å². The largest absolute Gasteiger partial charge is 0.371 e. The van der Waals surface area contributed by atoms with Gasteiger partial charge in [-0.3, -0.25) is 0 Å². The highest BCUT2D eigenvalue weighted by atomic mass is 19.1. The highest BCUT2D eigenvalue weighted by molar-refractivity contribution is 5.58. The van der Waals surface area contributed by atoms with Crippen molar-refractivity contribution in [2.75, 3.05) is 24.5 Å². The maximum absolute atomic E-state index is 13.3. The van der Waals surface area contributed by atoms with Gasteiger partial charge in [0.2, 0.25) is 0 Å². The average molecular weight is 278 g/mol. The van der Waals surface area contributed by atoms with Crippen molar-refractivity contribution in [3.05, 3.63) is 29.6 Å². The van der Waals surface area contributed by atoms with E-state index in [0.29, 0.717) is 6.04 Å². The van der Waals surface area contributed by atoms with Gasteiger partial charge in [0.25, 0.3) is 0 Å². The Kier molecular flexibility index (Phi) is 5.84. The minimum Gasteiger partial charge on any atom is -0.371 e. The molecule has 2 rings (SSSR count). The van der Waals surface area contributed by atoms with Crippen LogP contribution in [0.2, 0.25) is 0 Å². The van der Waals surface area contributed by atoms with E-state index in [-0.39, 0.29) is 5.82 Å². The number of rotatable bonds is 8. The molecule has 1 N–H and O–H groups in total. The predicted octanol–water partition coefficient (Wildman–Crippen LogP) is 3.75. The van der Waals surface area contributed by atoms with Crippen LogP contribution >= 0.6 is 0 Å². The molecule has 1 aliphatic heterocycles. The lowest BCUT2D eigenvalue weighted by Gasteiger charge is -2.22. The van der Waals surface area contributed by atoms with Crippen LogP contribution in [-0.2, 0) is 6.42 Å². The maximum atomic E-state index is 13.3. The van der Waals surface area contributed by atoms with E-state index in [1.807, 2.05) is 6.07 Å². The zero-order valence-corrected chi connectivity index (χ0v) is 12.8. The van der Waals surface area contributed by atoms with Gasteiger partial charge in [-0.15, -0.1) is 0 Å². The Labute approximate surface area is 122 Å². The summed E-state index contributed by atoms with van der Waals surface area (Å²) in [5, 5.41) is 3.59. The smallest absolute Gasteiger partial charge is 0.125 e. The van der Waals surface area contributed by atoms with Gasteiger partial charge in [0.05, 0.1) is 0 Å². The Morgan fingerprint density at radius 1 is 1.35 bits per heavy atom. The Balaban J connectivity index is 1.80. The third kappa shape index (κ3) is 3.95. The van der Waals surface area contributed by atoms with Gasteiger partial charge < -0.3 is 10.2 Å². The van der Waals surface area contributed by atoms with E-state index in [4.69, 9.17) is 0 Å². The molecule has 1 aliphatic rings. The third-order valence-electron chi connectivity index (χ3n) is 4.20. The quantitative estimate of drug-likeness (QED) is 0.779. The van der Waals surface area contributed by atoms with E-state index in [9.17, 15) is 4.39 Å². The fourth-order valence-corrected chi connectivity index (χ4v) is 2.98. The molecule has 1 aromatic rings. The topological polar surface area (TPSA) is 15.3 Å². The minimum absolute atomic E-state index is 0.119. The molecule has 0 saturated heterocycles. The molecule has 0 bridgehead atoms. The number of fused-ring (bicyclic) bond motifs is 1. The zero-order valence-electron chi connectivity index (χ0n) is 12.8. The van der Waals surface area contributed by atoms with Crippen LogP contribution in [0.25, 0.3) is 0 Å². The second-order valence-electron chi connectivity index (χ2n) is 5.71. The predicted molar refractivity (Wildman–Crippen MR) is 83.9 cm³/mol. The van der Waals surface area contributed by atoms with Gasteiger partial charge in [-0.25, -0.2) is 4.39 Å². The molecule has 0 fully saturated rings. The van der Waals surface area contributed by atoms with Crippen molar-refractivity contribution < 1.29 is 4.39 Å². The van der Waals surface area contributed by atoms with E-state index in [1.54, 1.807) is 12.1 Å². The van der Waals surface area contributed by atoms with Gasteiger partial charge in [0.15, 0.2) is 0 Å². The van der Waals surface area contributed by atoms with Crippen LogP contribution in [0.15, 0.2) is 18.2 Å². The molecule has 0 radical (unpaired) electrons. The van der Waals surface area contributed by atoms with Gasteiger partial charge in [-0.05, 0) is 56.3 Å². The van der Waals surface area contributed by atoms with Gasteiger partial charge in [-0.2, -0.15) is 0 Å². The van der Waals surface area contributed by atoms with Crippen LogP contribution < -0.4 is 10.2 Å². The Morgan fingerprint density at radius 2 is 2.20 bits per heavy atom. The van der Waals surface area contributed by atoms with Crippen LogP contribution in [0, 0.1) is 5.82 Å². The molecule has 0 aliphatic carbocycles. The van der Waals surface area contributed by atoms with Crippen molar-refractivity contribution in [2.45, 2.75) is 52.0 Å². The van der Waals surface area contributed by atoms with Crippen molar-refractivity contribution in [1.29, 1.82) is 0 Å². The molecule has 1 aromatic carbocycles. The third-order valence-corrected chi connectivity index (χ3v) is 4.20. The summed E-state index contributed by atoms with van der Waals surface area (Å²) in [6, 6.07) is 5.83. The first kappa shape index (κ1) is 15.3. The first-order valence-corrected chi connectivity index (χ1v) is 8.01. The summed E-state index contributed by atoms with van der Waals surface area (Å²) in [6.45, 7) is 7.64. The molecular weight excluding hydrogens is 251 g/mol. The molecule has 3 heteroatoms. The van der Waals surface area contributed by atoms with E-state index in [2.05, 4.69) is 24.1 Å². The molecule has 1 unspecified atom stereocenters. The highest BCUT2D eigenvalue weighted by Crippen LogP contribution is 2.28. The SMILES string of the molecule is CCCNC(CC)CCCN1CCc2ccc(F)cc21. The highest BCUT2D eigenvalue weighted by Gasteiger charge is 2.19. The van der Waals surface area contributed by atoms with Gasteiger partial charge >= 0.3 is 0 Å². The molecule has 1 atom stereocenters. The number of nitrogens with zero attached hydrogens (tertiary/aromatic N) is 1. The Hall–Kier alpha value is -1.09. The summed E-state index contributed by atoms with van der Waals surface area (Å²) in [4.78, 5) is 2.34. The zero-order chi connectivity index (χ0) is 14.4. The molecule has 0 spiro atoms. The standard InChI is InChI=1S/C17H27FN2/c1-3-10-19-16(4-2)6-5-11-20-12-9-14-7-8-15(18)13-17(14)20/h7-8,13,16,19H,3-6,9-12H2,1-2H3. The van der Waals surface area contributed by atoms with Crippen molar-refractivity contribution in [1.82, 2.24) is 5.32 Å². The molecule has 0 saturated carbocycles. The number of halogens is 1. The van der Waals surface area contributed by atoms with Gasteiger partial charge in [0.1, 0.15) is 5.82 Å². The van der Waals surface area contributed by atoms with Gasteiger partial charge in [-0.1, -0.05) is 19.9 Å². The second-order valence-corrected chi connectivity index (χ2v) is 5.71. The second kappa shape index (κ2) is 7.63. The summed E-state index contributed by atoms with van der Waals surface area (Å²) >= 11 is 0. The van der Waals surface area contributed by atoms with E-state index in [0.717, 1.165) is 31.7 Å². The first-order chi connectivity index (χ1) is 9.74. The monoisotopic (exact) mass is 278 g/mol. The summed E-state index contributed by atoms with van der Waals surface area (Å²) < 4.78 is 13.3. The first-order valence-electron chi connectivity index (χ1n) is 8.01. The lowest BCUT2D eigenvalue weighted by molar-refractivity contribution is 0.456. The molecule has 0 aromatic heterocycles. The van der Waals surface area contributed by atoms with Crippen LogP contribution in [0.4, 0.5) is 10.1 Å². The molecule has 20 heavy (non-hydrogen) atoms. The average Bonchev–Trinajstić information content (AvgIpc) is 2.85. The molecule has 2 nitrogen and oxygen atoms in total. The number of benzene rings is 1. The van der Waals surface area contributed by atoms with Gasteiger partial charge in [0, 0.05) is 24.8 Å². The maximum Gasteiger partial charge on any atom is 0.125 e. The summed E-state index contributed by atoms with van der Waals surface area (Å²) in [5.74, 6) is -0.119. The number of hydrogen-bond donors (Lipinski definition) is 1. The fourth-order valence-electron chi connectivity index (χ4n) is 2.98. The number of hydrogen-bond acceptors (Lipinski definition) is 2. The van der Waals surface area contributed by atoms with Crippen LogP contribution in [0.3, 0.4) is 0 Å². The number of anilines is 1. The van der Waals surface area contributed by atoms with E-state index < -0.39 is 0 Å². The van der Waals surface area contributed by atoms with E-state index in [1.165, 1.54) is 31.2 Å². The minimum atomic E-state index is -0.119. The molecular formula is C17H27FN2. The fraction of sp³-hybridized carbons (Fsp3) is 0.647. The lowest BCUT2D eigenvalue weighted by Crippen LogP contribution is -2.30. The summed E-state index contributed by atoms with van der Waals surface area (Å²) in [7, 11) is 0. The number of nitrogens with one attached hydrogen (secondary N) is 1. The van der Waals surface area contributed by atoms with E-state index >= 15 is 0 Å². The van der Waals surface area contributed by atoms with Crippen molar-refractivity contribution in [3.8, 4) is 0 Å². The van der Waals surface area contributed by atoms with Crippen LogP contribution in [-0.4, -0.2) is 25.7 Å². The van der Waals surface area contributed by atoms with Crippen LogP contribution in [0.1, 0.15) is 45.1 Å². The van der Waals surface area contributed by atoms with Crippen molar-refractivity contribution >= 4 is 5.69 Å². The van der Waals surface area contributed by atoms with Crippen LogP contribution in [0.5, 0.6) is 0 Å². The normalized spacial score (nSPS) is 15.4. The lowest BCUT2D eigenvalue weighted by atomic mass is 10.1.